The number of fused-ring (bicyclic) bond motifs is 1. The molecule has 1 heterocycles. The van der Waals surface area contributed by atoms with Gasteiger partial charge in [-0.05, 0) is 25.1 Å². The summed E-state index contributed by atoms with van der Waals surface area (Å²) in [5.74, 6) is -1.91. The molecule has 0 bridgehead atoms. The van der Waals surface area contributed by atoms with Crippen molar-refractivity contribution in [1.82, 2.24) is 9.78 Å². The molecule has 0 fully saturated rings. The molecular formula is C17H13FN2O3. The molecule has 116 valence electrons. The fourth-order valence-corrected chi connectivity index (χ4v) is 2.32. The lowest BCUT2D eigenvalue weighted by Crippen LogP contribution is -2.16. The van der Waals surface area contributed by atoms with Gasteiger partial charge in [-0.25, -0.2) is 9.18 Å². The second kappa shape index (κ2) is 6.00. The van der Waals surface area contributed by atoms with Gasteiger partial charge in [-0.2, -0.15) is 9.78 Å². The maximum atomic E-state index is 13.9. The van der Waals surface area contributed by atoms with Crippen LogP contribution in [0.2, 0.25) is 0 Å². The molecule has 0 aliphatic rings. The van der Waals surface area contributed by atoms with E-state index in [-0.39, 0.29) is 17.9 Å². The van der Waals surface area contributed by atoms with Gasteiger partial charge in [-0.1, -0.05) is 30.3 Å². The van der Waals surface area contributed by atoms with Crippen molar-refractivity contribution in [3.8, 4) is 0 Å². The van der Waals surface area contributed by atoms with E-state index in [9.17, 15) is 14.0 Å². The molecule has 6 heteroatoms. The van der Waals surface area contributed by atoms with E-state index in [0.29, 0.717) is 10.9 Å². The predicted octanol–water partition coefficient (Wildman–Crippen LogP) is 3.04. The Morgan fingerprint density at radius 1 is 1.13 bits per heavy atom. The number of rotatable bonds is 3. The van der Waals surface area contributed by atoms with Crippen LogP contribution < -0.4 is 0 Å². The van der Waals surface area contributed by atoms with Crippen LogP contribution in [0.4, 0.5) is 4.39 Å². The molecule has 0 radical (unpaired) electrons. The fourth-order valence-electron chi connectivity index (χ4n) is 2.32. The number of para-hydroxylation sites is 1. The van der Waals surface area contributed by atoms with Crippen molar-refractivity contribution in [3.63, 3.8) is 0 Å². The minimum atomic E-state index is -0.644. The first-order valence-electron chi connectivity index (χ1n) is 7.07. The molecule has 0 aliphatic heterocycles. The summed E-state index contributed by atoms with van der Waals surface area (Å²) in [5, 5.41) is 4.53. The molecule has 2 aromatic carbocycles. The van der Waals surface area contributed by atoms with Crippen LogP contribution in [-0.4, -0.2) is 28.3 Å². The number of carbonyl (C=O) groups excluding carboxylic acids is 2. The molecule has 0 unspecified atom stereocenters. The zero-order chi connectivity index (χ0) is 16.4. The first-order chi connectivity index (χ1) is 11.1. The van der Waals surface area contributed by atoms with Gasteiger partial charge in [0.1, 0.15) is 5.82 Å². The summed E-state index contributed by atoms with van der Waals surface area (Å²) < 4.78 is 19.8. The number of hydrogen-bond donors (Lipinski definition) is 0. The predicted molar refractivity (Wildman–Crippen MR) is 81.8 cm³/mol. The van der Waals surface area contributed by atoms with Crippen molar-refractivity contribution in [3.05, 3.63) is 65.6 Å². The molecular weight excluding hydrogens is 299 g/mol. The molecule has 1 aromatic heterocycles. The van der Waals surface area contributed by atoms with Gasteiger partial charge in [-0.15, -0.1) is 0 Å². The molecule has 3 aromatic rings. The summed E-state index contributed by atoms with van der Waals surface area (Å²) in [7, 11) is 0. The number of hydrogen-bond acceptors (Lipinski definition) is 4. The van der Waals surface area contributed by atoms with E-state index in [2.05, 4.69) is 5.10 Å². The van der Waals surface area contributed by atoms with Crippen LogP contribution in [0.15, 0.2) is 48.5 Å². The van der Waals surface area contributed by atoms with Gasteiger partial charge in [0, 0.05) is 5.39 Å². The Labute approximate surface area is 131 Å². The van der Waals surface area contributed by atoms with E-state index < -0.39 is 17.7 Å². The van der Waals surface area contributed by atoms with Crippen molar-refractivity contribution in [2.24, 2.45) is 0 Å². The van der Waals surface area contributed by atoms with E-state index >= 15 is 0 Å². The third kappa shape index (κ3) is 2.59. The third-order valence-electron chi connectivity index (χ3n) is 3.35. The summed E-state index contributed by atoms with van der Waals surface area (Å²) in [6, 6.07) is 12.4. The molecule has 0 saturated heterocycles. The Balaban J connectivity index is 2.17. The highest BCUT2D eigenvalue weighted by Gasteiger charge is 2.23. The SMILES string of the molecule is CCOC(=O)c1nn(C(=O)c2ccccc2F)c2ccccc12. The Morgan fingerprint density at radius 3 is 2.57 bits per heavy atom. The number of ether oxygens (including phenoxy) is 1. The molecule has 5 nitrogen and oxygen atoms in total. The number of aromatic nitrogens is 2. The molecule has 0 atom stereocenters. The van der Waals surface area contributed by atoms with Gasteiger partial charge in [0.2, 0.25) is 0 Å². The van der Waals surface area contributed by atoms with Crippen LogP contribution >= 0.6 is 0 Å². The van der Waals surface area contributed by atoms with Gasteiger partial charge >= 0.3 is 5.97 Å². The van der Waals surface area contributed by atoms with E-state index in [1.807, 2.05) is 0 Å². The summed E-state index contributed by atoms with van der Waals surface area (Å²) in [6.07, 6.45) is 0. The van der Waals surface area contributed by atoms with E-state index in [1.54, 1.807) is 37.3 Å². The highest BCUT2D eigenvalue weighted by Crippen LogP contribution is 2.21. The second-order valence-electron chi connectivity index (χ2n) is 4.78. The first kappa shape index (κ1) is 14.9. The average molecular weight is 312 g/mol. The maximum Gasteiger partial charge on any atom is 0.359 e. The molecule has 0 N–H and O–H groups in total. The summed E-state index contributed by atoms with van der Waals surface area (Å²) in [5.41, 5.74) is 0.340. The van der Waals surface area contributed by atoms with Crippen molar-refractivity contribution in [1.29, 1.82) is 0 Å². The number of nitrogens with zero attached hydrogens (tertiary/aromatic N) is 2. The normalized spacial score (nSPS) is 10.7. The highest BCUT2D eigenvalue weighted by molar-refractivity contribution is 6.07. The standard InChI is InChI=1S/C17H13FN2O3/c1-2-23-17(22)15-12-8-4-6-10-14(12)20(19-15)16(21)11-7-3-5-9-13(11)18/h3-10H,2H2,1H3. The topological polar surface area (TPSA) is 61.2 Å². The first-order valence-corrected chi connectivity index (χ1v) is 7.07. The molecule has 23 heavy (non-hydrogen) atoms. The molecule has 0 spiro atoms. The largest absolute Gasteiger partial charge is 0.461 e. The number of benzene rings is 2. The number of carbonyl (C=O) groups is 2. The van der Waals surface area contributed by atoms with Crippen LogP contribution in [0, 0.1) is 5.82 Å². The van der Waals surface area contributed by atoms with Crippen molar-refractivity contribution in [2.45, 2.75) is 6.92 Å². The van der Waals surface area contributed by atoms with E-state index in [0.717, 1.165) is 4.68 Å². The van der Waals surface area contributed by atoms with Crippen LogP contribution in [0.5, 0.6) is 0 Å². The lowest BCUT2D eigenvalue weighted by molar-refractivity contribution is 0.0521. The highest BCUT2D eigenvalue weighted by atomic mass is 19.1. The fraction of sp³-hybridized carbons (Fsp3) is 0.118. The Bertz CT molecular complexity index is 902. The number of halogens is 1. The van der Waals surface area contributed by atoms with Crippen LogP contribution in [-0.2, 0) is 4.74 Å². The van der Waals surface area contributed by atoms with Gasteiger partial charge < -0.3 is 4.74 Å². The van der Waals surface area contributed by atoms with E-state index in [1.165, 1.54) is 18.2 Å². The lowest BCUT2D eigenvalue weighted by atomic mass is 10.2. The van der Waals surface area contributed by atoms with Gasteiger partial charge in [0.15, 0.2) is 5.69 Å². The van der Waals surface area contributed by atoms with Crippen LogP contribution in [0.25, 0.3) is 10.9 Å². The van der Waals surface area contributed by atoms with Crippen LogP contribution in [0.1, 0.15) is 27.8 Å². The zero-order valence-corrected chi connectivity index (χ0v) is 12.3. The third-order valence-corrected chi connectivity index (χ3v) is 3.35. The van der Waals surface area contributed by atoms with Gasteiger partial charge in [0.25, 0.3) is 5.91 Å². The smallest absolute Gasteiger partial charge is 0.359 e. The van der Waals surface area contributed by atoms with Gasteiger partial charge in [0.05, 0.1) is 17.7 Å². The lowest BCUT2D eigenvalue weighted by Gasteiger charge is -2.03. The molecule has 3 rings (SSSR count). The Kier molecular flexibility index (Phi) is 3.89. The minimum absolute atomic E-state index is 0.0344. The van der Waals surface area contributed by atoms with E-state index in [4.69, 9.17) is 4.74 Å². The maximum absolute atomic E-state index is 13.9. The minimum Gasteiger partial charge on any atom is -0.461 e. The number of esters is 1. The quantitative estimate of drug-likeness (QED) is 0.697. The zero-order valence-electron chi connectivity index (χ0n) is 12.3. The Hall–Kier alpha value is -3.02. The summed E-state index contributed by atoms with van der Waals surface area (Å²) in [4.78, 5) is 24.6. The molecule has 0 aliphatic carbocycles. The van der Waals surface area contributed by atoms with Crippen molar-refractivity contribution < 1.29 is 18.7 Å². The Morgan fingerprint density at radius 2 is 1.83 bits per heavy atom. The van der Waals surface area contributed by atoms with Crippen molar-refractivity contribution in [2.75, 3.05) is 6.61 Å². The summed E-state index contributed by atoms with van der Waals surface area (Å²) in [6.45, 7) is 1.88. The monoisotopic (exact) mass is 312 g/mol. The average Bonchev–Trinajstić information content (AvgIpc) is 2.95. The van der Waals surface area contributed by atoms with Gasteiger partial charge in [-0.3, -0.25) is 4.79 Å². The van der Waals surface area contributed by atoms with Crippen molar-refractivity contribution >= 4 is 22.8 Å². The molecule has 0 amide bonds. The summed E-state index contributed by atoms with van der Waals surface area (Å²) >= 11 is 0. The second-order valence-corrected chi connectivity index (χ2v) is 4.78. The van der Waals surface area contributed by atoms with Crippen LogP contribution in [0.3, 0.4) is 0 Å². The molecule has 0 saturated carbocycles.